The Morgan fingerprint density at radius 2 is 2.33 bits per heavy atom. The molecular formula is C17H19N3O3S. The van der Waals surface area contributed by atoms with Crippen LogP contribution < -0.4 is 15.4 Å². The Morgan fingerprint density at radius 1 is 1.50 bits per heavy atom. The van der Waals surface area contributed by atoms with Crippen molar-refractivity contribution in [3.63, 3.8) is 0 Å². The Hall–Kier alpha value is -2.41. The number of fused-ring (bicyclic) bond motifs is 1. The summed E-state index contributed by atoms with van der Waals surface area (Å²) in [6, 6.07) is 5.35. The number of anilines is 1. The summed E-state index contributed by atoms with van der Waals surface area (Å²) in [6.45, 7) is 3.99. The van der Waals surface area contributed by atoms with Crippen LogP contribution in [0.25, 0.3) is 0 Å². The molecule has 1 aromatic heterocycles. The number of nitrogens with one attached hydrogen (secondary N) is 2. The third-order valence-corrected chi connectivity index (χ3v) is 4.80. The molecule has 2 aromatic rings. The molecule has 1 aliphatic heterocycles. The standard InChI is InChI=1S/C17H19N3O3S/c1-3-17-19-12(9-24-17)7-15(21)18-10(2)11-4-5-14-13(6-11)20-16(22)8-23-14/h4-6,9-10H,3,7-8H2,1-2H3,(H,18,21)(H,20,22). The summed E-state index contributed by atoms with van der Waals surface area (Å²) < 4.78 is 5.34. The topological polar surface area (TPSA) is 80.3 Å². The molecule has 24 heavy (non-hydrogen) atoms. The van der Waals surface area contributed by atoms with Gasteiger partial charge < -0.3 is 15.4 Å². The van der Waals surface area contributed by atoms with E-state index in [0.717, 1.165) is 22.7 Å². The second-order valence-corrected chi connectivity index (χ2v) is 6.59. The summed E-state index contributed by atoms with van der Waals surface area (Å²) in [5.74, 6) is 0.395. The van der Waals surface area contributed by atoms with Gasteiger partial charge in [0, 0.05) is 5.38 Å². The highest BCUT2D eigenvalue weighted by molar-refractivity contribution is 7.09. The fourth-order valence-corrected chi connectivity index (χ4v) is 3.25. The number of carbonyl (C=O) groups excluding carboxylic acids is 2. The van der Waals surface area contributed by atoms with Crippen molar-refractivity contribution < 1.29 is 14.3 Å². The van der Waals surface area contributed by atoms with Crippen LogP contribution in [-0.4, -0.2) is 23.4 Å². The van der Waals surface area contributed by atoms with Gasteiger partial charge in [-0.1, -0.05) is 13.0 Å². The fourth-order valence-electron chi connectivity index (χ4n) is 2.50. The molecule has 7 heteroatoms. The molecule has 0 saturated carbocycles. The van der Waals surface area contributed by atoms with Crippen LogP contribution in [0.3, 0.4) is 0 Å². The highest BCUT2D eigenvalue weighted by Gasteiger charge is 2.18. The van der Waals surface area contributed by atoms with E-state index in [1.54, 1.807) is 17.4 Å². The molecule has 6 nitrogen and oxygen atoms in total. The Balaban J connectivity index is 1.63. The first-order valence-corrected chi connectivity index (χ1v) is 8.72. The Labute approximate surface area is 144 Å². The molecule has 2 N–H and O–H groups in total. The van der Waals surface area contributed by atoms with Crippen LogP contribution in [0.2, 0.25) is 0 Å². The third-order valence-electron chi connectivity index (χ3n) is 3.76. The first-order valence-electron chi connectivity index (χ1n) is 7.84. The van der Waals surface area contributed by atoms with Crippen molar-refractivity contribution in [3.05, 3.63) is 39.8 Å². The number of amides is 2. The molecule has 2 amide bonds. The first kappa shape index (κ1) is 16.4. The van der Waals surface area contributed by atoms with Crippen LogP contribution in [0, 0.1) is 0 Å². The van der Waals surface area contributed by atoms with E-state index in [4.69, 9.17) is 4.74 Å². The number of ether oxygens (including phenoxy) is 1. The minimum Gasteiger partial charge on any atom is -0.482 e. The van der Waals surface area contributed by atoms with Gasteiger partial charge in [-0.05, 0) is 31.0 Å². The quantitative estimate of drug-likeness (QED) is 0.872. The predicted molar refractivity (Wildman–Crippen MR) is 92.3 cm³/mol. The highest BCUT2D eigenvalue weighted by atomic mass is 32.1. The van der Waals surface area contributed by atoms with Crippen LogP contribution in [-0.2, 0) is 22.4 Å². The van der Waals surface area contributed by atoms with Crippen molar-refractivity contribution in [1.29, 1.82) is 0 Å². The first-order chi connectivity index (χ1) is 11.5. The normalized spacial score (nSPS) is 14.3. The molecule has 1 atom stereocenters. The second kappa shape index (κ2) is 7.00. The van der Waals surface area contributed by atoms with Gasteiger partial charge >= 0.3 is 0 Å². The zero-order valence-electron chi connectivity index (χ0n) is 13.6. The maximum absolute atomic E-state index is 12.2. The predicted octanol–water partition coefficient (Wildman–Crippen LogP) is 2.46. The van der Waals surface area contributed by atoms with Gasteiger partial charge in [-0.25, -0.2) is 4.98 Å². The van der Waals surface area contributed by atoms with Crippen molar-refractivity contribution in [2.24, 2.45) is 0 Å². The molecule has 0 fully saturated rings. The van der Waals surface area contributed by atoms with Crippen LogP contribution >= 0.6 is 11.3 Å². The minimum atomic E-state index is -0.175. The summed E-state index contributed by atoms with van der Waals surface area (Å²) in [4.78, 5) is 28.0. The number of hydrogen-bond donors (Lipinski definition) is 2. The summed E-state index contributed by atoms with van der Waals surface area (Å²) in [5.41, 5.74) is 2.34. The third kappa shape index (κ3) is 3.73. The maximum atomic E-state index is 12.2. The monoisotopic (exact) mass is 345 g/mol. The van der Waals surface area contributed by atoms with Crippen molar-refractivity contribution in [1.82, 2.24) is 10.3 Å². The number of aryl methyl sites for hydroxylation is 1. The van der Waals surface area contributed by atoms with E-state index < -0.39 is 0 Å². The van der Waals surface area contributed by atoms with E-state index in [0.29, 0.717) is 11.4 Å². The summed E-state index contributed by atoms with van der Waals surface area (Å²) >= 11 is 1.58. The largest absolute Gasteiger partial charge is 0.482 e. The summed E-state index contributed by atoms with van der Waals surface area (Å²) in [7, 11) is 0. The van der Waals surface area contributed by atoms with Crippen LogP contribution in [0.15, 0.2) is 23.6 Å². The lowest BCUT2D eigenvalue weighted by Crippen LogP contribution is -2.29. The molecule has 0 saturated heterocycles. The molecule has 3 rings (SSSR count). The molecule has 2 heterocycles. The molecule has 0 radical (unpaired) electrons. The Kier molecular flexibility index (Phi) is 4.80. The molecular weight excluding hydrogens is 326 g/mol. The number of hydrogen-bond acceptors (Lipinski definition) is 5. The van der Waals surface area contributed by atoms with Crippen LogP contribution in [0.4, 0.5) is 5.69 Å². The summed E-state index contributed by atoms with van der Waals surface area (Å²) in [5, 5.41) is 8.70. The van der Waals surface area contributed by atoms with Gasteiger partial charge in [-0.2, -0.15) is 0 Å². The van der Waals surface area contributed by atoms with E-state index in [2.05, 4.69) is 15.6 Å². The molecule has 0 aliphatic carbocycles. The number of nitrogens with zero attached hydrogens (tertiary/aromatic N) is 1. The zero-order valence-corrected chi connectivity index (χ0v) is 14.4. The van der Waals surface area contributed by atoms with Gasteiger partial charge in [0.2, 0.25) is 5.91 Å². The summed E-state index contributed by atoms with van der Waals surface area (Å²) in [6.07, 6.45) is 1.15. The number of benzene rings is 1. The molecule has 0 spiro atoms. The average Bonchev–Trinajstić information content (AvgIpc) is 3.01. The lowest BCUT2D eigenvalue weighted by Gasteiger charge is -2.21. The lowest BCUT2D eigenvalue weighted by molar-refractivity contribution is -0.121. The number of thiazole rings is 1. The van der Waals surface area contributed by atoms with E-state index in [1.807, 2.05) is 31.4 Å². The van der Waals surface area contributed by atoms with Gasteiger partial charge in [0.15, 0.2) is 6.61 Å². The van der Waals surface area contributed by atoms with Gasteiger partial charge in [-0.3, -0.25) is 9.59 Å². The maximum Gasteiger partial charge on any atom is 0.262 e. The SMILES string of the molecule is CCc1nc(CC(=O)NC(C)c2ccc3c(c2)NC(=O)CO3)cs1. The molecule has 126 valence electrons. The minimum absolute atomic E-state index is 0.0338. The number of carbonyl (C=O) groups is 2. The van der Waals surface area contributed by atoms with E-state index in [9.17, 15) is 9.59 Å². The van der Waals surface area contributed by atoms with E-state index >= 15 is 0 Å². The number of rotatable bonds is 5. The average molecular weight is 345 g/mol. The van der Waals surface area contributed by atoms with Gasteiger partial charge in [0.1, 0.15) is 5.75 Å². The van der Waals surface area contributed by atoms with Crippen LogP contribution in [0.5, 0.6) is 5.75 Å². The van der Waals surface area contributed by atoms with Gasteiger partial charge in [-0.15, -0.1) is 11.3 Å². The number of aromatic nitrogens is 1. The van der Waals surface area contributed by atoms with Crippen molar-refractivity contribution >= 4 is 28.8 Å². The molecule has 0 bridgehead atoms. The zero-order chi connectivity index (χ0) is 17.1. The molecule has 1 aromatic carbocycles. The van der Waals surface area contributed by atoms with Crippen molar-refractivity contribution in [2.75, 3.05) is 11.9 Å². The van der Waals surface area contributed by atoms with Crippen molar-refractivity contribution in [3.8, 4) is 5.75 Å². The lowest BCUT2D eigenvalue weighted by atomic mass is 10.1. The smallest absolute Gasteiger partial charge is 0.262 e. The second-order valence-electron chi connectivity index (χ2n) is 5.64. The van der Waals surface area contributed by atoms with E-state index in [-0.39, 0.29) is 30.9 Å². The van der Waals surface area contributed by atoms with Gasteiger partial charge in [0.05, 0.1) is 28.9 Å². The van der Waals surface area contributed by atoms with E-state index in [1.165, 1.54) is 0 Å². The Morgan fingerprint density at radius 3 is 3.08 bits per heavy atom. The van der Waals surface area contributed by atoms with Crippen molar-refractivity contribution in [2.45, 2.75) is 32.7 Å². The molecule has 1 aliphatic rings. The van der Waals surface area contributed by atoms with Gasteiger partial charge in [0.25, 0.3) is 5.91 Å². The fraction of sp³-hybridized carbons (Fsp3) is 0.353. The van der Waals surface area contributed by atoms with Crippen LogP contribution in [0.1, 0.15) is 36.2 Å². The molecule has 1 unspecified atom stereocenters. The highest BCUT2D eigenvalue weighted by Crippen LogP contribution is 2.30. The Bertz CT molecular complexity index is 772.